The van der Waals surface area contributed by atoms with Crippen LogP contribution in [0, 0.1) is 0 Å². The van der Waals surface area contributed by atoms with Crippen molar-refractivity contribution in [2.75, 3.05) is 32.1 Å². The van der Waals surface area contributed by atoms with Crippen LogP contribution in [0.15, 0.2) is 47.4 Å². The van der Waals surface area contributed by atoms with Gasteiger partial charge in [-0.25, -0.2) is 13.4 Å². The lowest BCUT2D eigenvalue weighted by Crippen LogP contribution is -2.38. The van der Waals surface area contributed by atoms with Crippen LogP contribution in [0.2, 0.25) is 0 Å². The van der Waals surface area contributed by atoms with Crippen LogP contribution in [0.5, 0.6) is 11.5 Å². The van der Waals surface area contributed by atoms with Crippen molar-refractivity contribution in [1.29, 1.82) is 0 Å². The Bertz CT molecular complexity index is 1210. The molecule has 0 unspecified atom stereocenters. The van der Waals surface area contributed by atoms with Crippen molar-refractivity contribution in [2.24, 2.45) is 0 Å². The second-order valence-electron chi connectivity index (χ2n) is 8.05. The molecule has 168 valence electrons. The Hall–Kier alpha value is -2.65. The highest BCUT2D eigenvalue weighted by Gasteiger charge is 2.27. The lowest BCUT2D eigenvalue weighted by atomic mass is 9.97. The number of sulfone groups is 1. The number of amides is 1. The van der Waals surface area contributed by atoms with Gasteiger partial charge in [0, 0.05) is 31.5 Å². The Labute approximate surface area is 190 Å². The summed E-state index contributed by atoms with van der Waals surface area (Å²) >= 11 is 1.72. The van der Waals surface area contributed by atoms with Crippen molar-refractivity contribution in [3.05, 3.63) is 47.5 Å². The summed E-state index contributed by atoms with van der Waals surface area (Å²) in [6.45, 7) is 2.10. The molecule has 1 aromatic heterocycles. The van der Waals surface area contributed by atoms with E-state index < -0.39 is 9.84 Å². The average molecular weight is 473 g/mol. The summed E-state index contributed by atoms with van der Waals surface area (Å²) in [5.74, 6) is 0.984. The van der Waals surface area contributed by atoms with Crippen LogP contribution in [0.4, 0.5) is 0 Å². The zero-order valence-electron chi connectivity index (χ0n) is 17.5. The maximum atomic E-state index is 12.8. The fraction of sp³-hybridized carbons (Fsp3) is 0.391. The first-order chi connectivity index (χ1) is 15.5. The molecule has 0 bridgehead atoms. The number of likely N-dealkylation sites (tertiary alicyclic amines) is 1. The molecule has 1 amide bonds. The molecule has 5 rings (SSSR count). The standard InChI is InChI=1S/C23H24N2O5S2/c26-22(9-14-32(27,28)17-5-6-19-20(15-17)30-13-12-29-19)25-10-7-16(8-11-25)23-24-18-3-1-2-4-21(18)31-23/h1-6,15-16H,7-14H2. The number of para-hydroxylation sites is 1. The van der Waals surface area contributed by atoms with Gasteiger partial charge in [0.25, 0.3) is 0 Å². The molecule has 2 aliphatic rings. The second kappa shape index (κ2) is 8.71. The number of benzene rings is 2. The molecular formula is C23H24N2O5S2. The van der Waals surface area contributed by atoms with E-state index in [0.717, 1.165) is 23.4 Å². The van der Waals surface area contributed by atoms with Crippen molar-refractivity contribution in [2.45, 2.75) is 30.1 Å². The van der Waals surface area contributed by atoms with Gasteiger partial charge in [-0.1, -0.05) is 12.1 Å². The second-order valence-corrected chi connectivity index (χ2v) is 11.2. The van der Waals surface area contributed by atoms with Crippen LogP contribution in [0.1, 0.15) is 30.2 Å². The zero-order valence-corrected chi connectivity index (χ0v) is 19.2. The fourth-order valence-electron chi connectivity index (χ4n) is 4.16. The molecule has 2 aromatic carbocycles. The van der Waals surface area contributed by atoms with Gasteiger partial charge in [-0.2, -0.15) is 0 Å². The van der Waals surface area contributed by atoms with Gasteiger partial charge in [0.1, 0.15) is 13.2 Å². The van der Waals surface area contributed by atoms with E-state index in [1.807, 2.05) is 18.2 Å². The SMILES string of the molecule is O=C(CCS(=O)(=O)c1ccc2c(c1)OCCO2)N1CCC(c2nc3ccccc3s2)CC1. The number of nitrogens with zero attached hydrogens (tertiary/aromatic N) is 2. The summed E-state index contributed by atoms with van der Waals surface area (Å²) in [7, 11) is -3.59. The number of carbonyl (C=O) groups excluding carboxylic acids is 1. The van der Waals surface area contributed by atoms with E-state index in [1.165, 1.54) is 16.8 Å². The topological polar surface area (TPSA) is 85.8 Å². The van der Waals surface area contributed by atoms with E-state index in [-0.39, 0.29) is 23.0 Å². The Morgan fingerprint density at radius 2 is 1.81 bits per heavy atom. The molecule has 0 radical (unpaired) electrons. The molecule has 1 fully saturated rings. The van der Waals surface area contributed by atoms with E-state index in [0.29, 0.717) is 43.7 Å². The lowest BCUT2D eigenvalue weighted by Gasteiger charge is -2.31. The third kappa shape index (κ3) is 4.31. The van der Waals surface area contributed by atoms with Gasteiger partial charge in [-0.15, -0.1) is 11.3 Å². The summed E-state index contributed by atoms with van der Waals surface area (Å²) in [5, 5.41) is 1.12. The highest BCUT2D eigenvalue weighted by atomic mass is 32.2. The van der Waals surface area contributed by atoms with Crippen molar-refractivity contribution < 1.29 is 22.7 Å². The van der Waals surface area contributed by atoms with Crippen LogP contribution in [0.3, 0.4) is 0 Å². The van der Waals surface area contributed by atoms with Crippen LogP contribution in [-0.4, -0.2) is 56.3 Å². The summed E-state index contributed by atoms with van der Waals surface area (Å²) in [4.78, 5) is 19.4. The maximum absolute atomic E-state index is 12.8. The van der Waals surface area contributed by atoms with Gasteiger partial charge in [0.15, 0.2) is 21.3 Å². The quantitative estimate of drug-likeness (QED) is 0.564. The molecule has 0 saturated carbocycles. The smallest absolute Gasteiger partial charge is 0.223 e. The third-order valence-electron chi connectivity index (χ3n) is 5.96. The van der Waals surface area contributed by atoms with E-state index >= 15 is 0 Å². The van der Waals surface area contributed by atoms with E-state index in [4.69, 9.17) is 14.5 Å². The molecule has 3 aromatic rings. The fourth-order valence-corrected chi connectivity index (χ4v) is 6.53. The van der Waals surface area contributed by atoms with E-state index in [2.05, 4.69) is 6.07 Å². The molecule has 1 saturated heterocycles. The number of fused-ring (bicyclic) bond motifs is 2. The Morgan fingerprint density at radius 1 is 1.06 bits per heavy atom. The molecule has 0 N–H and O–H groups in total. The third-order valence-corrected chi connectivity index (χ3v) is 8.88. The van der Waals surface area contributed by atoms with Crippen molar-refractivity contribution >= 4 is 37.3 Å². The summed E-state index contributed by atoms with van der Waals surface area (Å²) in [6, 6.07) is 12.7. The van der Waals surface area contributed by atoms with Gasteiger partial charge < -0.3 is 14.4 Å². The minimum atomic E-state index is -3.59. The van der Waals surface area contributed by atoms with Crippen LogP contribution in [0.25, 0.3) is 10.2 Å². The largest absolute Gasteiger partial charge is 0.486 e. The number of hydrogen-bond acceptors (Lipinski definition) is 7. The van der Waals surface area contributed by atoms with E-state index in [1.54, 1.807) is 22.3 Å². The first kappa shape index (κ1) is 21.2. The minimum absolute atomic E-state index is 0.0252. The molecule has 0 spiro atoms. The monoisotopic (exact) mass is 472 g/mol. The maximum Gasteiger partial charge on any atom is 0.223 e. The van der Waals surface area contributed by atoms with Crippen LogP contribution in [-0.2, 0) is 14.6 Å². The predicted molar refractivity (Wildman–Crippen MR) is 122 cm³/mol. The number of piperidine rings is 1. The van der Waals surface area contributed by atoms with Gasteiger partial charge in [-0.05, 0) is 37.1 Å². The van der Waals surface area contributed by atoms with Gasteiger partial charge in [0.2, 0.25) is 5.91 Å². The molecule has 2 aliphatic heterocycles. The van der Waals surface area contributed by atoms with Crippen LogP contribution < -0.4 is 9.47 Å². The minimum Gasteiger partial charge on any atom is -0.486 e. The average Bonchev–Trinajstić information content (AvgIpc) is 3.27. The first-order valence-electron chi connectivity index (χ1n) is 10.8. The number of rotatable bonds is 5. The lowest BCUT2D eigenvalue weighted by molar-refractivity contribution is -0.131. The van der Waals surface area contributed by atoms with Gasteiger partial charge >= 0.3 is 0 Å². The van der Waals surface area contributed by atoms with Crippen molar-refractivity contribution in [1.82, 2.24) is 9.88 Å². The van der Waals surface area contributed by atoms with E-state index in [9.17, 15) is 13.2 Å². The van der Waals surface area contributed by atoms with Crippen LogP contribution >= 0.6 is 11.3 Å². The highest BCUT2D eigenvalue weighted by Crippen LogP contribution is 2.35. The first-order valence-corrected chi connectivity index (χ1v) is 13.2. The molecule has 32 heavy (non-hydrogen) atoms. The molecule has 7 nitrogen and oxygen atoms in total. The highest BCUT2D eigenvalue weighted by molar-refractivity contribution is 7.91. The summed E-state index contributed by atoms with van der Waals surface area (Å²) in [5.41, 5.74) is 1.02. The van der Waals surface area contributed by atoms with Gasteiger partial charge in [0.05, 0.1) is 25.9 Å². The molecule has 0 aliphatic carbocycles. The summed E-state index contributed by atoms with van der Waals surface area (Å²) < 4.78 is 37.6. The van der Waals surface area contributed by atoms with Crippen molar-refractivity contribution in [3.63, 3.8) is 0 Å². The normalized spacial score (nSPS) is 16.9. The molecule has 0 atom stereocenters. The number of thiazole rings is 1. The predicted octanol–water partition coefficient (Wildman–Crippen LogP) is 3.64. The number of ether oxygens (including phenoxy) is 2. The molecule has 9 heteroatoms. The van der Waals surface area contributed by atoms with Crippen molar-refractivity contribution in [3.8, 4) is 11.5 Å². The Kier molecular flexibility index (Phi) is 5.77. The number of aromatic nitrogens is 1. The zero-order chi connectivity index (χ0) is 22.1. The number of carbonyl (C=O) groups is 1. The summed E-state index contributed by atoms with van der Waals surface area (Å²) in [6.07, 6.45) is 1.67. The van der Waals surface area contributed by atoms with Gasteiger partial charge in [-0.3, -0.25) is 4.79 Å². The number of hydrogen-bond donors (Lipinski definition) is 0. The molecular weight excluding hydrogens is 448 g/mol. The Balaban J connectivity index is 1.17. The Morgan fingerprint density at radius 3 is 2.59 bits per heavy atom. The molecule has 3 heterocycles.